The highest BCUT2D eigenvalue weighted by atomic mass is 79.9. The van der Waals surface area contributed by atoms with E-state index in [2.05, 4.69) is 20.9 Å². The number of rotatable bonds is 2. The van der Waals surface area contributed by atoms with Gasteiger partial charge in [0.2, 0.25) is 0 Å². The monoisotopic (exact) mass is 385 g/mol. The zero-order valence-corrected chi connectivity index (χ0v) is 14.9. The van der Waals surface area contributed by atoms with Crippen molar-refractivity contribution >= 4 is 33.8 Å². The van der Waals surface area contributed by atoms with Gasteiger partial charge in [0, 0.05) is 23.8 Å². The van der Waals surface area contributed by atoms with Crippen LogP contribution < -0.4 is 4.90 Å². The second-order valence-electron chi connectivity index (χ2n) is 6.31. The number of carboxylic acids is 1. The molecule has 1 aromatic rings. The minimum atomic E-state index is -0.997. The molecule has 0 saturated carbocycles. The van der Waals surface area contributed by atoms with Crippen molar-refractivity contribution < 1.29 is 19.4 Å². The van der Waals surface area contributed by atoms with Gasteiger partial charge in [-0.3, -0.25) is 0 Å². The van der Waals surface area contributed by atoms with Crippen molar-refractivity contribution in [2.24, 2.45) is 0 Å². The number of nitrogens with zero attached hydrogens (tertiary/aromatic N) is 3. The van der Waals surface area contributed by atoms with E-state index >= 15 is 0 Å². The van der Waals surface area contributed by atoms with Crippen LogP contribution in [0.5, 0.6) is 0 Å². The maximum atomic E-state index is 12.1. The molecule has 23 heavy (non-hydrogen) atoms. The SMILES string of the molecule is CC(C)(C)OC(=O)N1CCN(c2ccc(Br)cn2)[C@H](C(=O)O)C1. The summed E-state index contributed by atoms with van der Waals surface area (Å²) in [6.07, 6.45) is 1.13. The van der Waals surface area contributed by atoms with Crippen LogP contribution in [0, 0.1) is 0 Å². The van der Waals surface area contributed by atoms with E-state index in [1.165, 1.54) is 4.90 Å². The zero-order chi connectivity index (χ0) is 17.2. The molecule has 1 aliphatic heterocycles. The molecule has 2 heterocycles. The standard InChI is InChI=1S/C15H20BrN3O4/c1-15(2,3)23-14(22)18-6-7-19(11(9-18)13(20)21)12-5-4-10(16)8-17-12/h4-5,8,11H,6-7,9H2,1-3H3,(H,20,21)/t11-/m0/s1. The number of carboxylic acid groups (broad SMARTS) is 1. The summed E-state index contributed by atoms with van der Waals surface area (Å²) >= 11 is 3.30. The summed E-state index contributed by atoms with van der Waals surface area (Å²) in [5.74, 6) is -0.424. The predicted octanol–water partition coefficient (Wildman–Crippen LogP) is 2.35. The van der Waals surface area contributed by atoms with Gasteiger partial charge >= 0.3 is 12.1 Å². The van der Waals surface area contributed by atoms with Crippen molar-refractivity contribution in [3.8, 4) is 0 Å². The summed E-state index contributed by atoms with van der Waals surface area (Å²) in [6.45, 7) is 6.16. The second-order valence-corrected chi connectivity index (χ2v) is 7.22. The maximum absolute atomic E-state index is 12.1. The third-order valence-electron chi connectivity index (χ3n) is 3.32. The Kier molecular flexibility index (Phi) is 5.13. The Labute approximate surface area is 143 Å². The number of halogens is 1. The Morgan fingerprint density at radius 1 is 1.35 bits per heavy atom. The molecule has 8 heteroatoms. The average Bonchev–Trinajstić information content (AvgIpc) is 2.45. The molecule has 0 spiro atoms. The van der Waals surface area contributed by atoms with Crippen LogP contribution in [0.3, 0.4) is 0 Å². The smallest absolute Gasteiger partial charge is 0.410 e. The van der Waals surface area contributed by atoms with Gasteiger partial charge in [-0.1, -0.05) is 0 Å². The van der Waals surface area contributed by atoms with Crippen LogP contribution in [0.15, 0.2) is 22.8 Å². The van der Waals surface area contributed by atoms with Gasteiger partial charge in [-0.25, -0.2) is 14.6 Å². The quantitative estimate of drug-likeness (QED) is 0.840. The number of hydrogen-bond acceptors (Lipinski definition) is 5. The first kappa shape index (κ1) is 17.5. The largest absolute Gasteiger partial charge is 0.480 e. The molecule has 0 aliphatic carbocycles. The fraction of sp³-hybridized carbons (Fsp3) is 0.533. The van der Waals surface area contributed by atoms with Crippen molar-refractivity contribution in [1.82, 2.24) is 9.88 Å². The van der Waals surface area contributed by atoms with Crippen molar-refractivity contribution in [3.63, 3.8) is 0 Å². The first-order valence-electron chi connectivity index (χ1n) is 7.26. The van der Waals surface area contributed by atoms with E-state index in [-0.39, 0.29) is 6.54 Å². The lowest BCUT2D eigenvalue weighted by Gasteiger charge is -2.40. The number of carbonyl (C=O) groups is 2. The Morgan fingerprint density at radius 3 is 2.57 bits per heavy atom. The molecular formula is C15H20BrN3O4. The summed E-state index contributed by atoms with van der Waals surface area (Å²) in [5.41, 5.74) is -0.611. The Bertz CT molecular complexity index is 585. The van der Waals surface area contributed by atoms with Crippen LogP contribution in [0.1, 0.15) is 20.8 Å². The Morgan fingerprint density at radius 2 is 2.04 bits per heavy atom. The number of aromatic nitrogens is 1. The number of aliphatic carboxylic acids is 1. The van der Waals surface area contributed by atoms with Gasteiger partial charge in [0.25, 0.3) is 0 Å². The third kappa shape index (κ3) is 4.57. The van der Waals surface area contributed by atoms with Gasteiger partial charge < -0.3 is 19.6 Å². The minimum Gasteiger partial charge on any atom is -0.480 e. The highest BCUT2D eigenvalue weighted by Crippen LogP contribution is 2.21. The first-order valence-corrected chi connectivity index (χ1v) is 8.05. The van der Waals surface area contributed by atoms with E-state index in [0.717, 1.165) is 4.47 Å². The number of anilines is 1. The summed E-state index contributed by atoms with van der Waals surface area (Å²) in [7, 11) is 0. The van der Waals surface area contributed by atoms with Crippen molar-refractivity contribution in [2.45, 2.75) is 32.4 Å². The van der Waals surface area contributed by atoms with Crippen LogP contribution in [0.25, 0.3) is 0 Å². The Balaban J connectivity index is 2.13. The number of pyridine rings is 1. The topological polar surface area (TPSA) is 83.0 Å². The second kappa shape index (κ2) is 6.74. The van der Waals surface area contributed by atoms with E-state index < -0.39 is 23.7 Å². The van der Waals surface area contributed by atoms with Gasteiger partial charge in [-0.2, -0.15) is 0 Å². The van der Waals surface area contributed by atoms with Crippen LogP contribution >= 0.6 is 15.9 Å². The van der Waals surface area contributed by atoms with E-state index in [1.807, 2.05) is 6.07 Å². The van der Waals surface area contributed by atoms with Crippen molar-refractivity contribution in [3.05, 3.63) is 22.8 Å². The van der Waals surface area contributed by atoms with Crippen LogP contribution in [-0.2, 0) is 9.53 Å². The van der Waals surface area contributed by atoms with Gasteiger partial charge in [0.15, 0.2) is 0 Å². The van der Waals surface area contributed by atoms with Crippen LogP contribution in [-0.4, -0.2) is 58.3 Å². The number of carbonyl (C=O) groups excluding carboxylic acids is 1. The van der Waals surface area contributed by atoms with Gasteiger partial charge in [0.1, 0.15) is 17.5 Å². The summed E-state index contributed by atoms with van der Waals surface area (Å²) < 4.78 is 6.14. The molecule has 2 rings (SSSR count). The van der Waals surface area contributed by atoms with Gasteiger partial charge in [-0.05, 0) is 48.8 Å². The molecule has 1 aromatic heterocycles. The molecule has 7 nitrogen and oxygen atoms in total. The highest BCUT2D eigenvalue weighted by molar-refractivity contribution is 9.10. The molecule has 1 aliphatic rings. The lowest BCUT2D eigenvalue weighted by molar-refractivity contribution is -0.139. The number of ether oxygens (including phenoxy) is 1. The molecule has 1 atom stereocenters. The summed E-state index contributed by atoms with van der Waals surface area (Å²) in [4.78, 5) is 31.1. The predicted molar refractivity (Wildman–Crippen MR) is 88.5 cm³/mol. The first-order chi connectivity index (χ1) is 10.7. The fourth-order valence-electron chi connectivity index (χ4n) is 2.30. The van der Waals surface area contributed by atoms with E-state index in [1.54, 1.807) is 37.9 Å². The van der Waals surface area contributed by atoms with Crippen LogP contribution in [0.2, 0.25) is 0 Å². The lowest BCUT2D eigenvalue weighted by Crippen LogP contribution is -2.58. The number of piperazine rings is 1. The van der Waals surface area contributed by atoms with E-state index in [0.29, 0.717) is 18.9 Å². The van der Waals surface area contributed by atoms with E-state index in [9.17, 15) is 14.7 Å². The van der Waals surface area contributed by atoms with E-state index in [4.69, 9.17) is 4.74 Å². The van der Waals surface area contributed by atoms with Gasteiger partial charge in [0.05, 0.1) is 6.54 Å². The maximum Gasteiger partial charge on any atom is 0.410 e. The average molecular weight is 386 g/mol. The molecule has 0 radical (unpaired) electrons. The summed E-state index contributed by atoms with van der Waals surface area (Å²) in [5, 5.41) is 9.50. The van der Waals surface area contributed by atoms with Crippen molar-refractivity contribution in [1.29, 1.82) is 0 Å². The van der Waals surface area contributed by atoms with Gasteiger partial charge in [-0.15, -0.1) is 0 Å². The summed E-state index contributed by atoms with van der Waals surface area (Å²) in [6, 6.07) is 2.70. The molecule has 0 aromatic carbocycles. The minimum absolute atomic E-state index is 0.0575. The third-order valence-corrected chi connectivity index (χ3v) is 3.79. The molecule has 126 valence electrons. The molecular weight excluding hydrogens is 366 g/mol. The zero-order valence-electron chi connectivity index (χ0n) is 13.3. The molecule has 1 amide bonds. The molecule has 0 unspecified atom stereocenters. The molecule has 1 N–H and O–H groups in total. The molecule has 1 saturated heterocycles. The fourth-order valence-corrected chi connectivity index (χ4v) is 2.53. The molecule has 1 fully saturated rings. The Hall–Kier alpha value is -1.83. The number of hydrogen-bond donors (Lipinski definition) is 1. The highest BCUT2D eigenvalue weighted by Gasteiger charge is 2.36. The normalized spacial score (nSPS) is 18.7. The van der Waals surface area contributed by atoms with Crippen molar-refractivity contribution in [2.75, 3.05) is 24.5 Å². The van der Waals surface area contributed by atoms with Crippen LogP contribution in [0.4, 0.5) is 10.6 Å². The lowest BCUT2D eigenvalue weighted by atomic mass is 10.1. The molecule has 0 bridgehead atoms. The number of amides is 1.